The van der Waals surface area contributed by atoms with Gasteiger partial charge in [-0.25, -0.2) is 15.0 Å². The Bertz CT molecular complexity index is 2430. The highest BCUT2D eigenvalue weighted by Gasteiger charge is 2.22. The maximum absolute atomic E-state index is 5.11. The average Bonchev–Trinajstić information content (AvgIpc) is 3.58. The van der Waals surface area contributed by atoms with Gasteiger partial charge in [-0.3, -0.25) is 0 Å². The third kappa shape index (κ3) is 5.59. The molecule has 236 valence electrons. The predicted octanol–water partition coefficient (Wildman–Crippen LogP) is 11.8. The Morgan fingerprint density at radius 2 is 0.800 bits per heavy atom. The lowest BCUT2D eigenvalue weighted by molar-refractivity contribution is 1.07. The van der Waals surface area contributed by atoms with Crippen LogP contribution in [-0.4, -0.2) is 15.0 Å². The minimum absolute atomic E-state index is 0.646. The molecule has 0 spiro atoms. The molecule has 1 aromatic heterocycles. The lowest BCUT2D eigenvalue weighted by atomic mass is 9.91. The number of nitrogens with zero attached hydrogens (tertiary/aromatic N) is 3. The maximum atomic E-state index is 5.11. The topological polar surface area (TPSA) is 38.7 Å². The number of benzene rings is 7. The molecule has 50 heavy (non-hydrogen) atoms. The lowest BCUT2D eigenvalue weighted by Crippen LogP contribution is -2.00. The summed E-state index contributed by atoms with van der Waals surface area (Å²) in [6, 6.07) is 60.2. The number of aromatic nitrogens is 3. The first-order valence-corrected chi connectivity index (χ1v) is 17.1. The Kier molecular flexibility index (Phi) is 7.44. The van der Waals surface area contributed by atoms with Crippen LogP contribution in [0.15, 0.2) is 170 Å². The molecule has 3 nitrogen and oxygen atoms in total. The lowest BCUT2D eigenvalue weighted by Gasteiger charge is -2.15. The van der Waals surface area contributed by atoms with Gasteiger partial charge in [-0.2, -0.15) is 0 Å². The number of rotatable bonds is 6. The van der Waals surface area contributed by atoms with E-state index in [1.54, 1.807) is 0 Å². The normalized spacial score (nSPS) is 11.6. The highest BCUT2D eigenvalue weighted by atomic mass is 15.0. The van der Waals surface area contributed by atoms with Gasteiger partial charge in [0, 0.05) is 16.7 Å². The summed E-state index contributed by atoms with van der Waals surface area (Å²) in [6.45, 7) is 2.12. The van der Waals surface area contributed by atoms with Gasteiger partial charge >= 0.3 is 0 Å². The monoisotopic (exact) mass is 639 g/mol. The minimum Gasteiger partial charge on any atom is -0.208 e. The van der Waals surface area contributed by atoms with Crippen LogP contribution >= 0.6 is 0 Å². The fourth-order valence-corrected chi connectivity index (χ4v) is 7.05. The zero-order valence-corrected chi connectivity index (χ0v) is 27.7. The summed E-state index contributed by atoms with van der Waals surface area (Å²) < 4.78 is 0. The van der Waals surface area contributed by atoms with E-state index in [2.05, 4.69) is 140 Å². The van der Waals surface area contributed by atoms with Crippen molar-refractivity contribution in [1.29, 1.82) is 0 Å². The predicted molar refractivity (Wildman–Crippen MR) is 205 cm³/mol. The SMILES string of the molecule is Cc1ccc(-c2ccc(-c3cc(-c4nc(-c5ccccc5)nc(-c5ccccc5)n4)cc(-c4cccc5c4Cc4ccccc4-5)c3)cc2)cc1. The molecule has 0 N–H and O–H groups in total. The van der Waals surface area contributed by atoms with Gasteiger partial charge in [-0.15, -0.1) is 0 Å². The quantitative estimate of drug-likeness (QED) is 0.182. The Morgan fingerprint density at radius 1 is 0.340 bits per heavy atom. The average molecular weight is 640 g/mol. The standard InChI is InChI=1S/C47H33N3/c1-31-19-21-32(22-20-31)33-23-25-34(26-24-33)38-27-39(42-17-10-18-43-41-16-9-8-15-37(41)30-44(42)43)29-40(28-38)47-49-45(35-11-4-2-5-12-35)48-46(50-47)36-13-6-3-7-14-36/h2-29H,30H2,1H3. The third-order valence-corrected chi connectivity index (χ3v) is 9.66. The molecule has 0 unspecified atom stereocenters. The van der Waals surface area contributed by atoms with Crippen LogP contribution in [-0.2, 0) is 6.42 Å². The molecule has 1 aliphatic carbocycles. The maximum Gasteiger partial charge on any atom is 0.164 e. The van der Waals surface area contributed by atoms with Gasteiger partial charge in [-0.1, -0.05) is 157 Å². The zero-order valence-electron chi connectivity index (χ0n) is 27.7. The van der Waals surface area contributed by atoms with Gasteiger partial charge in [0.2, 0.25) is 0 Å². The van der Waals surface area contributed by atoms with Gasteiger partial charge in [-0.05, 0) is 87.2 Å². The van der Waals surface area contributed by atoms with Crippen molar-refractivity contribution in [1.82, 2.24) is 15.0 Å². The number of aryl methyl sites for hydroxylation is 1. The molecule has 0 bridgehead atoms. The first kappa shape index (κ1) is 29.7. The van der Waals surface area contributed by atoms with E-state index >= 15 is 0 Å². The van der Waals surface area contributed by atoms with E-state index in [1.807, 2.05) is 36.4 Å². The summed E-state index contributed by atoms with van der Waals surface area (Å²) in [7, 11) is 0. The van der Waals surface area contributed by atoms with Crippen LogP contribution in [0.5, 0.6) is 0 Å². The second-order valence-corrected chi connectivity index (χ2v) is 12.9. The van der Waals surface area contributed by atoms with Crippen LogP contribution < -0.4 is 0 Å². The first-order chi connectivity index (χ1) is 24.7. The minimum atomic E-state index is 0.646. The van der Waals surface area contributed by atoms with Crippen molar-refractivity contribution in [2.24, 2.45) is 0 Å². The Balaban J connectivity index is 1.23. The largest absolute Gasteiger partial charge is 0.208 e. The van der Waals surface area contributed by atoms with E-state index in [-0.39, 0.29) is 0 Å². The van der Waals surface area contributed by atoms with Gasteiger partial charge in [0.25, 0.3) is 0 Å². The highest BCUT2D eigenvalue weighted by molar-refractivity contribution is 5.88. The fraction of sp³-hybridized carbons (Fsp3) is 0.0426. The molecule has 0 saturated heterocycles. The summed E-state index contributed by atoms with van der Waals surface area (Å²) in [5.74, 6) is 1.95. The van der Waals surface area contributed by atoms with Crippen molar-refractivity contribution in [3.63, 3.8) is 0 Å². The highest BCUT2D eigenvalue weighted by Crippen LogP contribution is 2.43. The van der Waals surface area contributed by atoms with Crippen LogP contribution in [0.25, 0.3) is 78.7 Å². The summed E-state index contributed by atoms with van der Waals surface area (Å²) in [4.78, 5) is 15.2. The number of hydrogen-bond acceptors (Lipinski definition) is 3. The van der Waals surface area contributed by atoms with Crippen LogP contribution in [0, 0.1) is 6.92 Å². The van der Waals surface area contributed by atoms with E-state index < -0.39 is 0 Å². The van der Waals surface area contributed by atoms with Crippen LogP contribution in [0.3, 0.4) is 0 Å². The Labute approximate surface area is 292 Å². The Hall–Kier alpha value is -6.45. The molecular weight excluding hydrogens is 607 g/mol. The van der Waals surface area contributed by atoms with E-state index in [4.69, 9.17) is 15.0 Å². The van der Waals surface area contributed by atoms with Gasteiger partial charge in [0.15, 0.2) is 17.5 Å². The molecule has 0 saturated carbocycles. The van der Waals surface area contributed by atoms with Gasteiger partial charge < -0.3 is 0 Å². The Morgan fingerprint density at radius 3 is 1.44 bits per heavy atom. The molecule has 3 heteroatoms. The molecule has 8 aromatic rings. The smallest absolute Gasteiger partial charge is 0.164 e. The molecule has 0 radical (unpaired) electrons. The summed E-state index contributed by atoms with van der Waals surface area (Å²) in [6.07, 6.45) is 0.911. The van der Waals surface area contributed by atoms with Crippen molar-refractivity contribution in [2.75, 3.05) is 0 Å². The van der Waals surface area contributed by atoms with Crippen LogP contribution in [0.2, 0.25) is 0 Å². The number of hydrogen-bond donors (Lipinski definition) is 0. The molecule has 0 amide bonds. The molecular formula is C47H33N3. The van der Waals surface area contributed by atoms with Crippen molar-refractivity contribution in [3.05, 3.63) is 187 Å². The second kappa shape index (κ2) is 12.5. The van der Waals surface area contributed by atoms with E-state index in [0.717, 1.165) is 39.8 Å². The molecule has 0 aliphatic heterocycles. The third-order valence-electron chi connectivity index (χ3n) is 9.66. The fourth-order valence-electron chi connectivity index (χ4n) is 7.05. The molecule has 1 aliphatic rings. The molecule has 1 heterocycles. The van der Waals surface area contributed by atoms with Crippen LogP contribution in [0.4, 0.5) is 0 Å². The van der Waals surface area contributed by atoms with Crippen molar-refractivity contribution in [2.45, 2.75) is 13.3 Å². The second-order valence-electron chi connectivity index (χ2n) is 12.9. The molecule has 0 fully saturated rings. The van der Waals surface area contributed by atoms with Crippen molar-refractivity contribution >= 4 is 0 Å². The summed E-state index contributed by atoms with van der Waals surface area (Å²) in [5, 5.41) is 0. The van der Waals surface area contributed by atoms with Crippen molar-refractivity contribution in [3.8, 4) is 78.7 Å². The zero-order chi connectivity index (χ0) is 33.4. The van der Waals surface area contributed by atoms with Gasteiger partial charge in [0.05, 0.1) is 0 Å². The van der Waals surface area contributed by atoms with E-state index in [0.29, 0.717) is 17.5 Å². The molecule has 0 atom stereocenters. The van der Waals surface area contributed by atoms with Crippen LogP contribution in [0.1, 0.15) is 16.7 Å². The number of fused-ring (bicyclic) bond motifs is 3. The first-order valence-electron chi connectivity index (χ1n) is 17.1. The van der Waals surface area contributed by atoms with Gasteiger partial charge in [0.1, 0.15) is 0 Å². The van der Waals surface area contributed by atoms with E-state index in [1.165, 1.54) is 44.5 Å². The summed E-state index contributed by atoms with van der Waals surface area (Å²) >= 11 is 0. The molecule has 9 rings (SSSR count). The van der Waals surface area contributed by atoms with E-state index in [9.17, 15) is 0 Å². The summed E-state index contributed by atoms with van der Waals surface area (Å²) in [5.41, 5.74) is 16.5. The van der Waals surface area contributed by atoms with Crippen molar-refractivity contribution < 1.29 is 0 Å². The molecule has 7 aromatic carbocycles.